The number of fused-ring (bicyclic) bond motifs is 3. The van der Waals surface area contributed by atoms with Gasteiger partial charge < -0.3 is 10.1 Å². The summed E-state index contributed by atoms with van der Waals surface area (Å²) >= 11 is 0. The maximum atomic E-state index is 13.3. The number of nitrogens with one attached hydrogen (secondary N) is 3. The third-order valence-corrected chi connectivity index (χ3v) is 5.51. The molecular formula is C22H17N3O4. The number of carbonyl (C=O) groups excluding carboxylic acids is 1. The van der Waals surface area contributed by atoms with Gasteiger partial charge in [0.2, 0.25) is 0 Å². The van der Waals surface area contributed by atoms with Crippen LogP contribution in [0.15, 0.2) is 57.6 Å². The Hall–Kier alpha value is -3.87. The lowest BCUT2D eigenvalue weighted by atomic mass is 9.81. The number of benzene rings is 2. The van der Waals surface area contributed by atoms with E-state index in [0.717, 1.165) is 16.7 Å². The van der Waals surface area contributed by atoms with Crippen LogP contribution in [0.4, 0.5) is 5.82 Å². The molecule has 1 unspecified atom stereocenters. The normalized spacial score (nSPS) is 16.8. The molecule has 1 atom stereocenters. The molecular weight excluding hydrogens is 370 g/mol. The molecule has 7 nitrogen and oxygen atoms in total. The summed E-state index contributed by atoms with van der Waals surface area (Å²) in [7, 11) is 1.59. The number of methoxy groups -OCH3 is 1. The number of rotatable bonds is 2. The van der Waals surface area contributed by atoms with Crippen molar-refractivity contribution in [1.29, 1.82) is 0 Å². The molecule has 0 fully saturated rings. The highest BCUT2D eigenvalue weighted by molar-refractivity contribution is 6.23. The summed E-state index contributed by atoms with van der Waals surface area (Å²) in [4.78, 5) is 42.9. The number of hydrogen-bond donors (Lipinski definition) is 3. The van der Waals surface area contributed by atoms with Gasteiger partial charge in [-0.1, -0.05) is 36.4 Å². The van der Waals surface area contributed by atoms with E-state index in [-0.39, 0.29) is 5.78 Å². The predicted molar refractivity (Wildman–Crippen MR) is 109 cm³/mol. The molecule has 0 saturated heterocycles. The maximum absolute atomic E-state index is 13.3. The second-order valence-corrected chi connectivity index (χ2v) is 7.15. The molecule has 7 heteroatoms. The van der Waals surface area contributed by atoms with Crippen LogP contribution in [0.5, 0.6) is 5.75 Å². The Bertz CT molecular complexity index is 1350. The van der Waals surface area contributed by atoms with E-state index in [4.69, 9.17) is 4.74 Å². The average Bonchev–Trinajstić information content (AvgIpc) is 2.98. The van der Waals surface area contributed by atoms with Crippen molar-refractivity contribution in [3.05, 3.63) is 96.7 Å². The van der Waals surface area contributed by atoms with Crippen molar-refractivity contribution < 1.29 is 9.53 Å². The summed E-state index contributed by atoms with van der Waals surface area (Å²) in [6.45, 7) is 1.90. The number of aromatic nitrogens is 2. The topological polar surface area (TPSA) is 104 Å². The van der Waals surface area contributed by atoms with Crippen LogP contribution in [0, 0.1) is 6.92 Å². The Morgan fingerprint density at radius 3 is 2.45 bits per heavy atom. The third-order valence-electron chi connectivity index (χ3n) is 5.51. The van der Waals surface area contributed by atoms with Crippen LogP contribution in [-0.4, -0.2) is 22.9 Å². The molecule has 0 spiro atoms. The van der Waals surface area contributed by atoms with E-state index in [1.54, 1.807) is 13.2 Å². The minimum atomic E-state index is -0.619. The van der Waals surface area contributed by atoms with Gasteiger partial charge in [0.25, 0.3) is 5.56 Å². The summed E-state index contributed by atoms with van der Waals surface area (Å²) in [6, 6.07) is 12.9. The second-order valence-electron chi connectivity index (χ2n) is 7.15. The van der Waals surface area contributed by atoms with Crippen molar-refractivity contribution in [3.63, 3.8) is 0 Å². The molecule has 3 N–H and O–H groups in total. The van der Waals surface area contributed by atoms with E-state index in [1.165, 1.54) is 0 Å². The highest BCUT2D eigenvalue weighted by Crippen LogP contribution is 2.47. The molecule has 0 radical (unpaired) electrons. The van der Waals surface area contributed by atoms with Gasteiger partial charge in [0.15, 0.2) is 5.78 Å². The third kappa shape index (κ3) is 2.40. The molecule has 1 aliphatic carbocycles. The number of ketones is 1. The van der Waals surface area contributed by atoms with E-state index in [9.17, 15) is 14.4 Å². The van der Waals surface area contributed by atoms with Crippen LogP contribution < -0.4 is 21.3 Å². The lowest BCUT2D eigenvalue weighted by Gasteiger charge is -2.27. The number of ether oxygens (including phenoxy) is 1. The summed E-state index contributed by atoms with van der Waals surface area (Å²) in [6.07, 6.45) is 0. The molecule has 0 saturated carbocycles. The lowest BCUT2D eigenvalue weighted by molar-refractivity contribution is 0.103. The zero-order valence-corrected chi connectivity index (χ0v) is 15.8. The minimum Gasteiger partial charge on any atom is -0.496 e. The summed E-state index contributed by atoms with van der Waals surface area (Å²) in [5.41, 5.74) is 3.31. The van der Waals surface area contributed by atoms with Crippen molar-refractivity contribution in [3.8, 4) is 5.75 Å². The fraction of sp³-hybridized carbons (Fsp3) is 0.136. The number of carbonyl (C=O) groups is 1. The molecule has 2 aromatic carbocycles. The first-order chi connectivity index (χ1) is 14.0. The Labute approximate surface area is 165 Å². The highest BCUT2D eigenvalue weighted by atomic mass is 16.5. The van der Waals surface area contributed by atoms with Crippen LogP contribution in [0.2, 0.25) is 0 Å². The first-order valence-corrected chi connectivity index (χ1v) is 9.16. The van der Waals surface area contributed by atoms with Crippen molar-refractivity contribution >= 4 is 17.3 Å². The molecule has 5 rings (SSSR count). The quantitative estimate of drug-likeness (QED) is 0.627. The maximum Gasteiger partial charge on any atom is 0.327 e. The first-order valence-electron chi connectivity index (χ1n) is 9.16. The van der Waals surface area contributed by atoms with Gasteiger partial charge in [-0.05, 0) is 24.1 Å². The van der Waals surface area contributed by atoms with E-state index >= 15 is 0 Å². The monoisotopic (exact) mass is 387 g/mol. The number of allylic oxidation sites excluding steroid dienone is 1. The molecule has 144 valence electrons. The number of Topliss-reactive ketones (excluding diaryl/α,β-unsaturated/α-hetero) is 1. The van der Waals surface area contributed by atoms with E-state index in [2.05, 4.69) is 15.3 Å². The summed E-state index contributed by atoms with van der Waals surface area (Å²) in [5.74, 6) is 0.276. The molecule has 0 amide bonds. The number of anilines is 1. The Kier molecular flexibility index (Phi) is 3.61. The fourth-order valence-electron chi connectivity index (χ4n) is 4.27. The van der Waals surface area contributed by atoms with Crippen LogP contribution in [0.1, 0.15) is 38.5 Å². The average molecular weight is 387 g/mol. The smallest absolute Gasteiger partial charge is 0.327 e. The van der Waals surface area contributed by atoms with Gasteiger partial charge in [-0.25, -0.2) is 4.79 Å². The van der Waals surface area contributed by atoms with Crippen molar-refractivity contribution in [2.45, 2.75) is 12.8 Å². The fourth-order valence-corrected chi connectivity index (χ4v) is 4.27. The Morgan fingerprint density at radius 1 is 0.966 bits per heavy atom. The standard InChI is InChI=1S/C22H17N3O4/c1-10-9-11(7-8-14(10)29-2)15-16-18(12-5-3-4-6-13(12)19(16)26)23-20-17(15)21(27)25-22(28)24-20/h3-9,15H,1-2H3,(H3,23,24,25,27,28). The molecule has 0 bridgehead atoms. The van der Waals surface area contributed by atoms with Crippen molar-refractivity contribution in [2.75, 3.05) is 12.4 Å². The number of hydrogen-bond acceptors (Lipinski definition) is 5. The SMILES string of the molecule is COc1ccc(C2C3=C(Nc4[nH]c(=O)[nH]c(=O)c42)c2ccccc2C3=O)cc1C. The summed E-state index contributed by atoms with van der Waals surface area (Å²) in [5, 5.41) is 3.12. The van der Waals surface area contributed by atoms with Gasteiger partial charge in [-0.2, -0.15) is 0 Å². The Balaban J connectivity index is 1.82. The van der Waals surface area contributed by atoms with Crippen molar-refractivity contribution in [1.82, 2.24) is 9.97 Å². The molecule has 1 aromatic heterocycles. The van der Waals surface area contributed by atoms with Crippen LogP contribution in [0.25, 0.3) is 5.70 Å². The van der Waals surface area contributed by atoms with Crippen LogP contribution in [-0.2, 0) is 0 Å². The predicted octanol–water partition coefficient (Wildman–Crippen LogP) is 2.55. The van der Waals surface area contributed by atoms with Gasteiger partial charge in [0, 0.05) is 22.6 Å². The largest absolute Gasteiger partial charge is 0.496 e. The minimum absolute atomic E-state index is 0.127. The molecule has 1 aliphatic heterocycles. The highest BCUT2D eigenvalue weighted by Gasteiger charge is 2.41. The van der Waals surface area contributed by atoms with Gasteiger partial charge in [0.1, 0.15) is 11.6 Å². The van der Waals surface area contributed by atoms with Gasteiger partial charge in [-0.15, -0.1) is 0 Å². The number of aryl methyl sites for hydroxylation is 1. The van der Waals surface area contributed by atoms with Crippen LogP contribution >= 0.6 is 0 Å². The zero-order valence-electron chi connectivity index (χ0n) is 15.8. The Morgan fingerprint density at radius 2 is 1.72 bits per heavy atom. The second kappa shape index (κ2) is 6.07. The van der Waals surface area contributed by atoms with E-state index in [1.807, 2.05) is 43.3 Å². The van der Waals surface area contributed by atoms with Crippen molar-refractivity contribution in [2.24, 2.45) is 0 Å². The first kappa shape index (κ1) is 17.2. The molecule has 2 heterocycles. The number of H-pyrrole nitrogens is 2. The van der Waals surface area contributed by atoms with Gasteiger partial charge in [-0.3, -0.25) is 19.6 Å². The zero-order chi connectivity index (χ0) is 20.3. The van der Waals surface area contributed by atoms with Gasteiger partial charge >= 0.3 is 5.69 Å². The van der Waals surface area contributed by atoms with E-state index < -0.39 is 17.2 Å². The van der Waals surface area contributed by atoms with E-state index in [0.29, 0.717) is 34.0 Å². The molecule has 29 heavy (non-hydrogen) atoms. The van der Waals surface area contributed by atoms with Gasteiger partial charge in [0.05, 0.1) is 18.4 Å². The molecule has 2 aliphatic rings. The molecule has 3 aromatic rings. The number of aromatic amines is 2. The van der Waals surface area contributed by atoms with Crippen LogP contribution in [0.3, 0.4) is 0 Å². The lowest BCUT2D eigenvalue weighted by Crippen LogP contribution is -2.33. The summed E-state index contributed by atoms with van der Waals surface area (Å²) < 4.78 is 5.35.